The Bertz CT molecular complexity index is 839. The number of fused-ring (bicyclic) bond motifs is 2. The van der Waals surface area contributed by atoms with E-state index < -0.39 is 5.54 Å². The van der Waals surface area contributed by atoms with Crippen LogP contribution in [0, 0.1) is 28.6 Å². The van der Waals surface area contributed by atoms with Crippen LogP contribution < -0.4 is 0 Å². The van der Waals surface area contributed by atoms with Gasteiger partial charge in [-0.05, 0) is 49.7 Å². The van der Waals surface area contributed by atoms with Crippen molar-refractivity contribution in [1.29, 1.82) is 10.5 Å². The van der Waals surface area contributed by atoms with Crippen molar-refractivity contribution in [3.05, 3.63) is 36.0 Å². The van der Waals surface area contributed by atoms with Crippen molar-refractivity contribution < 1.29 is 0 Å². The number of nitriles is 2. The number of likely N-dealkylation sites (tertiary alicyclic amines) is 1. The molecule has 4 nitrogen and oxygen atoms in total. The maximum Gasteiger partial charge on any atom is 0.113 e. The quantitative estimate of drug-likeness (QED) is 0.918. The second kappa shape index (κ2) is 6.54. The first-order valence-electron chi connectivity index (χ1n) is 9.41. The number of aromatic amines is 1. The summed E-state index contributed by atoms with van der Waals surface area (Å²) in [6.07, 6.45) is 9.25. The molecule has 0 unspecified atom stereocenters. The molecule has 0 spiro atoms. The minimum Gasteiger partial charge on any atom is -0.361 e. The molecular formula is C21H24N4. The van der Waals surface area contributed by atoms with Gasteiger partial charge in [-0.2, -0.15) is 10.5 Å². The fourth-order valence-electron chi connectivity index (χ4n) is 5.06. The van der Waals surface area contributed by atoms with Crippen molar-refractivity contribution in [1.82, 2.24) is 9.88 Å². The van der Waals surface area contributed by atoms with Crippen molar-refractivity contribution in [2.45, 2.75) is 56.5 Å². The van der Waals surface area contributed by atoms with Gasteiger partial charge in [-0.25, -0.2) is 0 Å². The lowest BCUT2D eigenvalue weighted by atomic mass is 9.67. The lowest BCUT2D eigenvalue weighted by Gasteiger charge is -2.52. The third-order valence-electron chi connectivity index (χ3n) is 6.35. The van der Waals surface area contributed by atoms with Crippen LogP contribution in [0.2, 0.25) is 0 Å². The van der Waals surface area contributed by atoms with Crippen LogP contribution in [0.5, 0.6) is 0 Å². The number of hydrogen-bond donors (Lipinski definition) is 1. The lowest BCUT2D eigenvalue weighted by molar-refractivity contribution is -0.0140. The van der Waals surface area contributed by atoms with Crippen LogP contribution in [0.15, 0.2) is 30.5 Å². The summed E-state index contributed by atoms with van der Waals surface area (Å²) in [5.74, 6) is 0.429. The molecule has 1 N–H and O–H groups in total. The Labute approximate surface area is 149 Å². The number of hydrogen-bond acceptors (Lipinski definition) is 3. The fraction of sp³-hybridized carbons (Fsp3) is 0.524. The number of nitrogens with zero attached hydrogens (tertiary/aromatic N) is 3. The number of rotatable bonds is 3. The maximum atomic E-state index is 10.1. The van der Waals surface area contributed by atoms with Gasteiger partial charge in [-0.15, -0.1) is 0 Å². The van der Waals surface area contributed by atoms with Crippen molar-refractivity contribution in [2.75, 3.05) is 6.54 Å². The highest BCUT2D eigenvalue weighted by Gasteiger charge is 2.51. The monoisotopic (exact) mass is 332 g/mol. The Balaban J connectivity index is 1.61. The van der Waals surface area contributed by atoms with Crippen LogP contribution in [0.4, 0.5) is 0 Å². The zero-order valence-corrected chi connectivity index (χ0v) is 14.5. The highest BCUT2D eigenvalue weighted by molar-refractivity contribution is 5.83. The number of H-pyrrole nitrogens is 1. The molecule has 4 heteroatoms. The Hall–Kier alpha value is -2.30. The molecule has 4 rings (SSSR count). The summed E-state index contributed by atoms with van der Waals surface area (Å²) in [6, 6.07) is 13.4. The largest absolute Gasteiger partial charge is 0.361 e. The molecule has 0 amide bonds. The molecule has 1 aliphatic carbocycles. The highest BCUT2D eigenvalue weighted by atomic mass is 15.2. The molecule has 2 aliphatic rings. The van der Waals surface area contributed by atoms with Gasteiger partial charge in [0.2, 0.25) is 0 Å². The molecule has 2 fully saturated rings. The van der Waals surface area contributed by atoms with E-state index in [4.69, 9.17) is 0 Å². The number of para-hydroxylation sites is 1. The summed E-state index contributed by atoms with van der Waals surface area (Å²) in [4.78, 5) is 5.58. The number of nitrogens with one attached hydrogen (secondary N) is 1. The zero-order valence-electron chi connectivity index (χ0n) is 14.5. The van der Waals surface area contributed by atoms with E-state index in [1.54, 1.807) is 0 Å². The van der Waals surface area contributed by atoms with Gasteiger partial charge in [-0.1, -0.05) is 31.0 Å². The van der Waals surface area contributed by atoms with E-state index >= 15 is 0 Å². The third-order valence-corrected chi connectivity index (χ3v) is 6.35. The zero-order chi connectivity index (χ0) is 17.3. The van der Waals surface area contributed by atoms with Crippen molar-refractivity contribution in [3.8, 4) is 12.1 Å². The minimum absolute atomic E-state index is 0.126. The molecule has 2 heterocycles. The molecule has 0 bridgehead atoms. The first-order chi connectivity index (χ1) is 12.3. The summed E-state index contributed by atoms with van der Waals surface area (Å²) in [5.41, 5.74) is 2.00. The van der Waals surface area contributed by atoms with Crippen LogP contribution >= 0.6 is 0 Å². The molecule has 1 saturated heterocycles. The van der Waals surface area contributed by atoms with E-state index in [-0.39, 0.29) is 6.04 Å². The van der Waals surface area contributed by atoms with Gasteiger partial charge in [0.15, 0.2) is 0 Å². The molecule has 128 valence electrons. The summed E-state index contributed by atoms with van der Waals surface area (Å²) < 4.78 is 0. The molecule has 1 aromatic carbocycles. The topological polar surface area (TPSA) is 66.6 Å². The summed E-state index contributed by atoms with van der Waals surface area (Å²) in [7, 11) is 0. The normalized spacial score (nSPS) is 29.7. The van der Waals surface area contributed by atoms with Crippen LogP contribution in [0.25, 0.3) is 10.9 Å². The Morgan fingerprint density at radius 2 is 2.04 bits per heavy atom. The van der Waals surface area contributed by atoms with E-state index in [1.807, 2.05) is 6.07 Å². The average molecular weight is 332 g/mol. The highest BCUT2D eigenvalue weighted by Crippen LogP contribution is 2.45. The Kier molecular flexibility index (Phi) is 4.24. The number of benzene rings is 1. The van der Waals surface area contributed by atoms with Gasteiger partial charge >= 0.3 is 0 Å². The van der Waals surface area contributed by atoms with Crippen molar-refractivity contribution >= 4 is 10.9 Å². The average Bonchev–Trinajstić information content (AvgIpc) is 3.09. The van der Waals surface area contributed by atoms with Crippen LogP contribution in [0.3, 0.4) is 0 Å². The lowest BCUT2D eigenvalue weighted by Crippen LogP contribution is -2.61. The van der Waals surface area contributed by atoms with Gasteiger partial charge in [0.25, 0.3) is 0 Å². The summed E-state index contributed by atoms with van der Waals surface area (Å²) in [5, 5.41) is 21.0. The molecule has 3 atom stereocenters. The van der Waals surface area contributed by atoms with E-state index in [0.717, 1.165) is 50.6 Å². The molecule has 1 saturated carbocycles. The Morgan fingerprint density at radius 3 is 2.88 bits per heavy atom. The van der Waals surface area contributed by atoms with Gasteiger partial charge in [0, 0.05) is 23.6 Å². The first kappa shape index (κ1) is 16.2. The molecule has 1 aliphatic heterocycles. The van der Waals surface area contributed by atoms with Gasteiger partial charge < -0.3 is 4.98 Å². The van der Waals surface area contributed by atoms with Crippen LogP contribution in [-0.2, 0) is 6.42 Å². The van der Waals surface area contributed by atoms with Gasteiger partial charge in [-0.3, -0.25) is 4.90 Å². The van der Waals surface area contributed by atoms with E-state index in [9.17, 15) is 10.5 Å². The third kappa shape index (κ3) is 2.62. The number of piperidine rings is 1. The number of aromatic nitrogens is 1. The van der Waals surface area contributed by atoms with Gasteiger partial charge in [0.05, 0.1) is 18.2 Å². The van der Waals surface area contributed by atoms with Crippen molar-refractivity contribution in [2.24, 2.45) is 5.92 Å². The minimum atomic E-state index is -0.428. The smallest absolute Gasteiger partial charge is 0.113 e. The second-order valence-corrected chi connectivity index (χ2v) is 7.50. The predicted octanol–water partition coefficient (Wildman–Crippen LogP) is 4.15. The predicted molar refractivity (Wildman–Crippen MR) is 97.6 cm³/mol. The van der Waals surface area contributed by atoms with Crippen LogP contribution in [-0.4, -0.2) is 28.0 Å². The van der Waals surface area contributed by atoms with Gasteiger partial charge in [0.1, 0.15) is 5.54 Å². The second-order valence-electron chi connectivity index (χ2n) is 7.50. The molecule has 2 aromatic rings. The first-order valence-corrected chi connectivity index (χ1v) is 9.41. The molecule has 1 aromatic heterocycles. The summed E-state index contributed by atoms with van der Waals surface area (Å²) in [6.45, 7) is 0.782. The van der Waals surface area contributed by atoms with E-state index in [0.29, 0.717) is 5.92 Å². The van der Waals surface area contributed by atoms with Crippen molar-refractivity contribution in [3.63, 3.8) is 0 Å². The van der Waals surface area contributed by atoms with Crippen LogP contribution in [0.1, 0.15) is 44.1 Å². The molecule has 25 heavy (non-hydrogen) atoms. The Morgan fingerprint density at radius 1 is 1.16 bits per heavy atom. The summed E-state index contributed by atoms with van der Waals surface area (Å²) >= 11 is 0. The molecule has 0 radical (unpaired) electrons. The standard InChI is InChI=1S/C21H24N4/c22-13-18-9-8-17-5-3-4-11-21(17,15-23)25(18)12-10-16-14-24-20-7-2-1-6-19(16)20/h1-2,6-7,14,17-18,24H,3-5,8-12H2/t17-,18-,21-/m0/s1. The van der Waals surface area contributed by atoms with E-state index in [1.165, 1.54) is 17.4 Å². The molecular weight excluding hydrogens is 308 g/mol. The maximum absolute atomic E-state index is 10.1. The SMILES string of the molecule is N#C[C@@H]1CC[C@@H]2CCCC[C@@]2(C#N)N1CCc1c[nH]c2ccccc12. The fourth-order valence-corrected chi connectivity index (χ4v) is 5.06. The van der Waals surface area contributed by atoms with E-state index in [2.05, 4.69) is 46.4 Å².